The van der Waals surface area contributed by atoms with Crippen molar-refractivity contribution in [1.82, 2.24) is 0 Å². The van der Waals surface area contributed by atoms with Crippen LogP contribution in [0, 0.1) is 35.5 Å². The van der Waals surface area contributed by atoms with Crippen molar-refractivity contribution >= 4 is 5.78 Å². The highest BCUT2D eigenvalue weighted by molar-refractivity contribution is 5.82. The van der Waals surface area contributed by atoms with Crippen molar-refractivity contribution in [2.75, 3.05) is 0 Å². The van der Waals surface area contributed by atoms with Gasteiger partial charge in [0.1, 0.15) is 11.4 Å². The van der Waals surface area contributed by atoms with Crippen LogP contribution in [0.3, 0.4) is 0 Å². The molecule has 2 nitrogen and oxygen atoms in total. The molecule has 0 bridgehead atoms. The van der Waals surface area contributed by atoms with Gasteiger partial charge in [-0.1, -0.05) is 24.0 Å². The molecule has 2 heteroatoms. The largest absolute Gasteiger partial charge is 0.377 e. The maximum Gasteiger partial charge on any atom is 0.137 e. The highest BCUT2D eigenvalue weighted by Gasteiger charge is 2.62. The molecule has 0 heterocycles. The second-order valence-electron chi connectivity index (χ2n) is 8.35. The van der Waals surface area contributed by atoms with Gasteiger partial charge >= 0.3 is 0 Å². The van der Waals surface area contributed by atoms with Gasteiger partial charge in [-0.05, 0) is 69.1 Å². The summed E-state index contributed by atoms with van der Waals surface area (Å²) >= 11 is 0. The summed E-state index contributed by atoms with van der Waals surface area (Å²) < 4.78 is 0. The summed E-state index contributed by atoms with van der Waals surface area (Å²) in [5.41, 5.74) is 2.14. The van der Waals surface area contributed by atoms with Gasteiger partial charge in [0.05, 0.1) is 0 Å². The Morgan fingerprint density at radius 3 is 2.78 bits per heavy atom. The van der Waals surface area contributed by atoms with Crippen molar-refractivity contribution in [3.63, 3.8) is 0 Å². The van der Waals surface area contributed by atoms with Gasteiger partial charge in [-0.3, -0.25) is 4.79 Å². The smallest absolute Gasteiger partial charge is 0.137 e. The lowest BCUT2D eigenvalue weighted by Crippen LogP contribution is -2.52. The minimum absolute atomic E-state index is 0.0640. The molecule has 4 aliphatic rings. The first-order valence-corrected chi connectivity index (χ1v) is 9.47. The van der Waals surface area contributed by atoms with E-state index in [0.29, 0.717) is 23.5 Å². The number of carbonyl (C=O) groups is 1. The van der Waals surface area contributed by atoms with E-state index in [2.05, 4.69) is 12.8 Å². The molecule has 0 aromatic heterocycles. The average Bonchev–Trinajstić information content (AvgIpc) is 2.88. The molecule has 2 fully saturated rings. The molecular formula is C21H28O2. The molecule has 23 heavy (non-hydrogen) atoms. The van der Waals surface area contributed by atoms with E-state index in [1.165, 1.54) is 12.0 Å². The zero-order valence-corrected chi connectivity index (χ0v) is 14.2. The first-order valence-electron chi connectivity index (χ1n) is 9.47. The molecule has 2 unspecified atom stereocenters. The quantitative estimate of drug-likeness (QED) is 0.586. The van der Waals surface area contributed by atoms with Crippen molar-refractivity contribution in [2.45, 2.75) is 76.7 Å². The van der Waals surface area contributed by atoms with E-state index in [1.54, 1.807) is 5.57 Å². The second-order valence-corrected chi connectivity index (χ2v) is 8.35. The normalized spacial score (nSPS) is 46.0. The van der Waals surface area contributed by atoms with Gasteiger partial charge in [0.15, 0.2) is 0 Å². The highest BCUT2D eigenvalue weighted by Crippen LogP contribution is 2.65. The molecule has 124 valence electrons. The van der Waals surface area contributed by atoms with Crippen LogP contribution in [0.5, 0.6) is 0 Å². The van der Waals surface area contributed by atoms with E-state index in [-0.39, 0.29) is 5.41 Å². The Hall–Kier alpha value is -1.07. The Kier molecular flexibility index (Phi) is 3.50. The molecule has 0 radical (unpaired) electrons. The first-order chi connectivity index (χ1) is 11.0. The predicted octanol–water partition coefficient (Wildman–Crippen LogP) is 4.03. The van der Waals surface area contributed by atoms with Crippen molar-refractivity contribution in [3.05, 3.63) is 11.1 Å². The molecule has 0 saturated heterocycles. The van der Waals surface area contributed by atoms with E-state index >= 15 is 0 Å². The molecule has 0 aromatic carbocycles. The summed E-state index contributed by atoms with van der Waals surface area (Å²) in [6.45, 7) is 2.22. The predicted molar refractivity (Wildman–Crippen MR) is 90.6 cm³/mol. The van der Waals surface area contributed by atoms with Crippen molar-refractivity contribution in [2.24, 2.45) is 23.2 Å². The number of hydrogen-bond acceptors (Lipinski definition) is 2. The summed E-state index contributed by atoms with van der Waals surface area (Å²) in [5, 5.41) is 11.1. The van der Waals surface area contributed by atoms with Gasteiger partial charge < -0.3 is 5.11 Å². The van der Waals surface area contributed by atoms with E-state index in [1.807, 2.05) is 0 Å². The number of fused-ring (bicyclic) bond motifs is 4. The minimum Gasteiger partial charge on any atom is -0.377 e. The number of Topliss-reactive ketones (excluding diaryl/α,β-unsaturated/α-hetero) is 1. The SMILES string of the molecule is C#C[C@@]1(O)CCC2[C@H]3CCC4=C(CCC(=O)C4)C3CC[C@]21CC. The summed E-state index contributed by atoms with van der Waals surface area (Å²) in [5.74, 6) is 5.13. The number of aliphatic hydroxyl groups is 1. The third-order valence-electron chi connectivity index (χ3n) is 7.92. The van der Waals surface area contributed by atoms with Crippen LogP contribution in [0.4, 0.5) is 0 Å². The van der Waals surface area contributed by atoms with Crippen LogP contribution in [0.25, 0.3) is 0 Å². The fourth-order valence-electron chi connectivity index (χ4n) is 6.83. The second kappa shape index (κ2) is 5.21. The lowest BCUT2D eigenvalue weighted by Gasteiger charge is -2.54. The van der Waals surface area contributed by atoms with Gasteiger partial charge in [0, 0.05) is 18.3 Å². The van der Waals surface area contributed by atoms with Crippen LogP contribution in [0.2, 0.25) is 0 Å². The Morgan fingerprint density at radius 1 is 1.22 bits per heavy atom. The number of terminal acetylenes is 1. The van der Waals surface area contributed by atoms with Crippen LogP contribution in [0.1, 0.15) is 71.1 Å². The number of allylic oxidation sites excluding steroid dienone is 2. The van der Waals surface area contributed by atoms with Gasteiger partial charge in [-0.25, -0.2) is 0 Å². The molecule has 0 spiro atoms. The Labute approximate surface area is 139 Å². The Balaban J connectivity index is 1.69. The molecule has 4 aliphatic carbocycles. The van der Waals surface area contributed by atoms with Crippen LogP contribution >= 0.6 is 0 Å². The van der Waals surface area contributed by atoms with Gasteiger partial charge in [0.2, 0.25) is 0 Å². The van der Waals surface area contributed by atoms with E-state index < -0.39 is 5.60 Å². The summed E-state index contributed by atoms with van der Waals surface area (Å²) in [6.07, 6.45) is 15.6. The third kappa shape index (κ3) is 1.96. The maximum atomic E-state index is 11.8. The first kappa shape index (κ1) is 15.5. The fourth-order valence-corrected chi connectivity index (χ4v) is 6.83. The fraction of sp³-hybridized carbons (Fsp3) is 0.762. The number of hydrogen-bond donors (Lipinski definition) is 1. The van der Waals surface area contributed by atoms with Crippen LogP contribution in [-0.4, -0.2) is 16.5 Å². The zero-order valence-electron chi connectivity index (χ0n) is 14.2. The molecule has 1 N–H and O–H groups in total. The minimum atomic E-state index is -0.894. The van der Waals surface area contributed by atoms with Crippen LogP contribution < -0.4 is 0 Å². The van der Waals surface area contributed by atoms with Crippen molar-refractivity contribution in [1.29, 1.82) is 0 Å². The monoisotopic (exact) mass is 312 g/mol. The van der Waals surface area contributed by atoms with Crippen molar-refractivity contribution < 1.29 is 9.90 Å². The third-order valence-corrected chi connectivity index (χ3v) is 7.92. The van der Waals surface area contributed by atoms with Crippen LogP contribution in [0.15, 0.2) is 11.1 Å². The molecule has 4 rings (SSSR count). The Bertz CT molecular complexity index is 610. The van der Waals surface area contributed by atoms with Crippen LogP contribution in [-0.2, 0) is 4.79 Å². The maximum absolute atomic E-state index is 11.8. The lowest BCUT2D eigenvalue weighted by molar-refractivity contribution is -0.119. The van der Waals surface area contributed by atoms with Gasteiger partial charge in [0.25, 0.3) is 0 Å². The average molecular weight is 312 g/mol. The lowest BCUT2D eigenvalue weighted by atomic mass is 9.51. The number of ketones is 1. The molecule has 0 amide bonds. The van der Waals surface area contributed by atoms with Gasteiger partial charge in [-0.15, -0.1) is 6.42 Å². The van der Waals surface area contributed by atoms with Gasteiger partial charge in [-0.2, -0.15) is 0 Å². The Morgan fingerprint density at radius 2 is 2.04 bits per heavy atom. The zero-order chi connectivity index (χ0) is 16.2. The highest BCUT2D eigenvalue weighted by atomic mass is 16.3. The molecule has 5 atom stereocenters. The van der Waals surface area contributed by atoms with Crippen molar-refractivity contribution in [3.8, 4) is 12.3 Å². The molecule has 0 aliphatic heterocycles. The molecule has 0 aromatic rings. The standard InChI is InChI=1S/C21H28O2/c1-3-20-11-9-17-16-8-6-15(22)13-14(16)5-7-18(17)19(20)10-12-21(20,23)4-2/h2,17-19,23H,3,5-13H2,1H3/t17?,18-,19?,20+,21+/m0/s1. The number of rotatable bonds is 1. The number of carbonyl (C=O) groups excluding carboxylic acids is 1. The summed E-state index contributed by atoms with van der Waals surface area (Å²) in [7, 11) is 0. The molecular weight excluding hydrogens is 284 g/mol. The van der Waals surface area contributed by atoms with E-state index in [4.69, 9.17) is 6.42 Å². The van der Waals surface area contributed by atoms with E-state index in [0.717, 1.165) is 57.8 Å². The summed E-state index contributed by atoms with van der Waals surface area (Å²) in [4.78, 5) is 11.8. The van der Waals surface area contributed by atoms with E-state index in [9.17, 15) is 9.90 Å². The topological polar surface area (TPSA) is 37.3 Å². The molecule has 2 saturated carbocycles. The summed E-state index contributed by atoms with van der Waals surface area (Å²) in [6, 6.07) is 0.